The zero-order valence-electron chi connectivity index (χ0n) is 12.2. The van der Waals surface area contributed by atoms with Crippen molar-refractivity contribution in [2.45, 2.75) is 0 Å². The van der Waals surface area contributed by atoms with Gasteiger partial charge in [0.05, 0.1) is 19.8 Å². The van der Waals surface area contributed by atoms with E-state index in [1.54, 1.807) is 24.3 Å². The van der Waals surface area contributed by atoms with Gasteiger partial charge in [0.15, 0.2) is 17.3 Å². The van der Waals surface area contributed by atoms with Crippen LogP contribution < -0.4 is 9.47 Å². The van der Waals surface area contributed by atoms with Gasteiger partial charge in [-0.05, 0) is 35.9 Å². The number of phenolic OH excluding ortho intramolecular Hbond substituents is 2. The van der Waals surface area contributed by atoms with E-state index in [1.807, 2.05) is 0 Å². The zero-order valence-corrected chi connectivity index (χ0v) is 12.2. The van der Waals surface area contributed by atoms with Crippen LogP contribution in [0.4, 0.5) is 0 Å². The smallest absolute Gasteiger partial charge is 0.203 e. The van der Waals surface area contributed by atoms with Crippen molar-refractivity contribution in [3.8, 4) is 23.0 Å². The number of rotatable bonds is 5. The van der Waals surface area contributed by atoms with Crippen molar-refractivity contribution in [3.05, 3.63) is 53.6 Å². The van der Waals surface area contributed by atoms with Gasteiger partial charge in [-0.3, -0.25) is 4.79 Å². The fourth-order valence-corrected chi connectivity index (χ4v) is 1.96. The van der Waals surface area contributed by atoms with Crippen molar-refractivity contribution in [2.75, 3.05) is 14.2 Å². The Morgan fingerprint density at radius 3 is 2.27 bits per heavy atom. The molecule has 0 aliphatic heterocycles. The van der Waals surface area contributed by atoms with Gasteiger partial charge in [0.25, 0.3) is 0 Å². The molecule has 2 N–H and O–H groups in total. The second-order valence-electron chi connectivity index (χ2n) is 4.49. The number of hydrogen-bond donors (Lipinski definition) is 2. The van der Waals surface area contributed by atoms with Crippen molar-refractivity contribution < 1.29 is 24.5 Å². The van der Waals surface area contributed by atoms with Crippen LogP contribution in [0.1, 0.15) is 15.9 Å². The highest BCUT2D eigenvalue weighted by Crippen LogP contribution is 2.39. The van der Waals surface area contributed by atoms with Crippen LogP contribution >= 0.6 is 0 Å². The van der Waals surface area contributed by atoms with E-state index in [1.165, 1.54) is 38.5 Å². The maximum absolute atomic E-state index is 12.2. The fraction of sp³-hybridized carbons (Fsp3) is 0.118. The average Bonchev–Trinajstić information content (AvgIpc) is 2.53. The van der Waals surface area contributed by atoms with Gasteiger partial charge in [-0.15, -0.1) is 0 Å². The molecule has 0 bridgehead atoms. The lowest BCUT2D eigenvalue weighted by Gasteiger charge is -2.11. The minimum absolute atomic E-state index is 0.117. The molecule has 2 rings (SSSR count). The Morgan fingerprint density at radius 1 is 1.00 bits per heavy atom. The fourth-order valence-electron chi connectivity index (χ4n) is 1.96. The van der Waals surface area contributed by atoms with Gasteiger partial charge in [0, 0.05) is 0 Å². The standard InChI is InChI=1S/C17H16O5/c1-21-15-10-8-13(16(20)17(15)22-2)14(19)9-5-11-3-6-12(18)7-4-11/h3-10,18,20H,1-2H3/b9-5-. The predicted octanol–water partition coefficient (Wildman–Crippen LogP) is 3.01. The maximum atomic E-state index is 12.2. The van der Waals surface area contributed by atoms with Crippen LogP contribution in [0.2, 0.25) is 0 Å². The minimum Gasteiger partial charge on any atom is -0.508 e. The number of ketones is 1. The lowest BCUT2D eigenvalue weighted by molar-refractivity contribution is 0.104. The molecule has 0 spiro atoms. The molecule has 2 aromatic carbocycles. The Kier molecular flexibility index (Phi) is 4.68. The molecule has 0 saturated carbocycles. The molecule has 0 saturated heterocycles. The molecular formula is C17H16O5. The Bertz CT molecular complexity index is 702. The molecule has 5 nitrogen and oxygen atoms in total. The Labute approximate surface area is 128 Å². The molecule has 2 aromatic rings. The lowest BCUT2D eigenvalue weighted by Crippen LogP contribution is -1.99. The van der Waals surface area contributed by atoms with Gasteiger partial charge >= 0.3 is 0 Å². The second kappa shape index (κ2) is 6.67. The summed E-state index contributed by atoms with van der Waals surface area (Å²) in [6.45, 7) is 0. The van der Waals surface area contributed by atoms with Crippen LogP contribution in [-0.2, 0) is 0 Å². The molecule has 0 aliphatic rings. The molecule has 0 fully saturated rings. The molecule has 0 amide bonds. The van der Waals surface area contributed by atoms with E-state index in [-0.39, 0.29) is 28.6 Å². The summed E-state index contributed by atoms with van der Waals surface area (Å²) in [5.41, 5.74) is 0.874. The average molecular weight is 300 g/mol. The highest BCUT2D eigenvalue weighted by Gasteiger charge is 2.17. The van der Waals surface area contributed by atoms with E-state index >= 15 is 0 Å². The summed E-state index contributed by atoms with van der Waals surface area (Å²) in [6, 6.07) is 9.43. The third kappa shape index (κ3) is 3.20. The van der Waals surface area contributed by atoms with Crippen LogP contribution in [0.3, 0.4) is 0 Å². The number of allylic oxidation sites excluding steroid dienone is 1. The van der Waals surface area contributed by atoms with E-state index in [0.717, 1.165) is 5.56 Å². The number of phenols is 2. The summed E-state index contributed by atoms with van der Waals surface area (Å²) in [4.78, 5) is 12.2. The monoisotopic (exact) mass is 300 g/mol. The first-order valence-corrected chi connectivity index (χ1v) is 6.52. The van der Waals surface area contributed by atoms with Crippen molar-refractivity contribution in [1.82, 2.24) is 0 Å². The molecule has 0 atom stereocenters. The molecular weight excluding hydrogens is 284 g/mol. The van der Waals surface area contributed by atoms with Gasteiger partial charge in [-0.25, -0.2) is 0 Å². The number of carbonyl (C=O) groups is 1. The third-order valence-corrected chi connectivity index (χ3v) is 3.11. The van der Waals surface area contributed by atoms with E-state index in [9.17, 15) is 15.0 Å². The second-order valence-corrected chi connectivity index (χ2v) is 4.49. The first-order valence-electron chi connectivity index (χ1n) is 6.52. The highest BCUT2D eigenvalue weighted by molar-refractivity contribution is 6.09. The molecule has 0 unspecified atom stereocenters. The van der Waals surface area contributed by atoms with Crippen molar-refractivity contribution in [2.24, 2.45) is 0 Å². The summed E-state index contributed by atoms with van der Waals surface area (Å²) in [5, 5.41) is 19.3. The lowest BCUT2D eigenvalue weighted by atomic mass is 10.1. The van der Waals surface area contributed by atoms with Crippen molar-refractivity contribution in [1.29, 1.82) is 0 Å². The summed E-state index contributed by atoms with van der Waals surface area (Å²) in [5.74, 6) is -0.0137. The molecule has 0 aliphatic carbocycles. The van der Waals surface area contributed by atoms with E-state index in [2.05, 4.69) is 0 Å². The van der Waals surface area contributed by atoms with Gasteiger partial charge in [-0.1, -0.05) is 18.2 Å². The van der Waals surface area contributed by atoms with Gasteiger partial charge in [0.1, 0.15) is 5.75 Å². The first-order chi connectivity index (χ1) is 10.6. The summed E-state index contributed by atoms with van der Waals surface area (Å²) < 4.78 is 10.1. The molecule has 22 heavy (non-hydrogen) atoms. The molecule has 0 aromatic heterocycles. The van der Waals surface area contributed by atoms with Crippen molar-refractivity contribution in [3.63, 3.8) is 0 Å². The van der Waals surface area contributed by atoms with Crippen LogP contribution in [-0.4, -0.2) is 30.2 Å². The summed E-state index contributed by atoms with van der Waals surface area (Å²) >= 11 is 0. The number of benzene rings is 2. The molecule has 0 heterocycles. The SMILES string of the molecule is COc1ccc(C(=O)/C=C\c2ccc(O)cc2)c(O)c1OC. The minimum atomic E-state index is -0.369. The highest BCUT2D eigenvalue weighted by atomic mass is 16.5. The van der Waals surface area contributed by atoms with Crippen LogP contribution in [0.25, 0.3) is 6.08 Å². The van der Waals surface area contributed by atoms with E-state index in [4.69, 9.17) is 9.47 Å². The normalized spacial score (nSPS) is 10.6. The first kappa shape index (κ1) is 15.4. The number of ether oxygens (including phenoxy) is 2. The number of aromatic hydroxyl groups is 2. The zero-order chi connectivity index (χ0) is 16.1. The topological polar surface area (TPSA) is 76.0 Å². The third-order valence-electron chi connectivity index (χ3n) is 3.11. The Balaban J connectivity index is 2.28. The summed E-state index contributed by atoms with van der Waals surface area (Å²) in [6.07, 6.45) is 2.94. The van der Waals surface area contributed by atoms with Crippen LogP contribution in [0, 0.1) is 0 Å². The number of methoxy groups -OCH3 is 2. The largest absolute Gasteiger partial charge is 0.508 e. The molecule has 114 valence electrons. The Morgan fingerprint density at radius 2 is 1.68 bits per heavy atom. The van der Waals surface area contributed by atoms with Crippen LogP contribution in [0.15, 0.2) is 42.5 Å². The molecule has 5 heteroatoms. The van der Waals surface area contributed by atoms with Gasteiger partial charge < -0.3 is 19.7 Å². The van der Waals surface area contributed by atoms with Gasteiger partial charge in [0.2, 0.25) is 5.75 Å². The Hall–Kier alpha value is -2.95. The number of hydrogen-bond acceptors (Lipinski definition) is 5. The molecule has 0 radical (unpaired) electrons. The summed E-state index contributed by atoms with van der Waals surface area (Å²) in [7, 11) is 2.83. The predicted molar refractivity (Wildman–Crippen MR) is 82.7 cm³/mol. The van der Waals surface area contributed by atoms with Gasteiger partial charge in [-0.2, -0.15) is 0 Å². The number of carbonyl (C=O) groups excluding carboxylic acids is 1. The quantitative estimate of drug-likeness (QED) is 0.655. The van der Waals surface area contributed by atoms with Crippen molar-refractivity contribution >= 4 is 11.9 Å². The van der Waals surface area contributed by atoms with E-state index in [0.29, 0.717) is 5.75 Å². The van der Waals surface area contributed by atoms with Crippen LogP contribution in [0.5, 0.6) is 23.0 Å². The van der Waals surface area contributed by atoms with E-state index < -0.39 is 0 Å². The maximum Gasteiger partial charge on any atom is 0.203 e.